The van der Waals surface area contributed by atoms with Gasteiger partial charge in [0.1, 0.15) is 6.61 Å². The van der Waals surface area contributed by atoms with Crippen LogP contribution in [0.1, 0.15) is 0 Å². The lowest BCUT2D eigenvalue weighted by Gasteiger charge is -2.07. The minimum Gasteiger partial charge on any atom is -0.484 e. The van der Waals surface area contributed by atoms with Gasteiger partial charge in [-0.2, -0.15) is 0 Å². The van der Waals surface area contributed by atoms with Crippen molar-refractivity contribution in [2.75, 3.05) is 38.9 Å². The van der Waals surface area contributed by atoms with E-state index in [0.717, 1.165) is 0 Å². The fraction of sp³-hybridized carbons (Fsp3) is 0.500. The summed E-state index contributed by atoms with van der Waals surface area (Å²) >= 11 is 5.43. The van der Waals surface area contributed by atoms with Crippen LogP contribution in [0.25, 0.3) is 0 Å². The second-order valence-corrected chi connectivity index (χ2v) is 3.86. The average molecular weight is 290 g/mol. The van der Waals surface area contributed by atoms with Crippen LogP contribution < -0.4 is 4.74 Å². The second-order valence-electron chi connectivity index (χ2n) is 3.49. The number of nitrogens with zero attached hydrogens (tertiary/aromatic N) is 1. The molecule has 0 unspecified atom stereocenters. The van der Waals surface area contributed by atoms with E-state index in [1.165, 1.54) is 6.07 Å². The summed E-state index contributed by atoms with van der Waals surface area (Å²) < 4.78 is 15.6. The Hall–Kier alpha value is -1.37. The number of ether oxygens (including phenoxy) is 3. The van der Waals surface area contributed by atoms with Crippen molar-refractivity contribution in [1.29, 1.82) is 0 Å². The third-order valence-electron chi connectivity index (χ3n) is 2.14. The average Bonchev–Trinajstić information content (AvgIpc) is 2.42. The van der Waals surface area contributed by atoms with Crippen molar-refractivity contribution in [1.82, 2.24) is 0 Å². The highest BCUT2D eigenvalue weighted by Gasteiger charge is 2.12. The van der Waals surface area contributed by atoms with E-state index in [-0.39, 0.29) is 18.0 Å². The van der Waals surface area contributed by atoms with Crippen molar-refractivity contribution in [3.05, 3.63) is 34.4 Å². The summed E-state index contributed by atoms with van der Waals surface area (Å²) in [6, 6.07) is 6.23. The molecule has 1 aromatic carbocycles. The topological polar surface area (TPSA) is 70.8 Å². The summed E-state index contributed by atoms with van der Waals surface area (Å²) in [5, 5.41) is 10.7. The van der Waals surface area contributed by atoms with Crippen molar-refractivity contribution >= 4 is 17.3 Å². The van der Waals surface area contributed by atoms with Crippen molar-refractivity contribution in [2.24, 2.45) is 0 Å². The Kier molecular flexibility index (Phi) is 7.88. The fourth-order valence-electron chi connectivity index (χ4n) is 1.32. The Labute approximate surface area is 116 Å². The number of rotatable bonds is 10. The van der Waals surface area contributed by atoms with Gasteiger partial charge in [-0.25, -0.2) is 0 Å². The van der Waals surface area contributed by atoms with Gasteiger partial charge in [-0.1, -0.05) is 12.1 Å². The third-order valence-corrected chi connectivity index (χ3v) is 2.29. The van der Waals surface area contributed by atoms with Crippen LogP contribution in [-0.4, -0.2) is 43.8 Å². The van der Waals surface area contributed by atoms with Gasteiger partial charge >= 0.3 is 5.69 Å². The number of para-hydroxylation sites is 2. The summed E-state index contributed by atoms with van der Waals surface area (Å²) in [6.45, 7) is 2.00. The predicted octanol–water partition coefficient (Wildman–Crippen LogP) is 2.25. The van der Waals surface area contributed by atoms with Gasteiger partial charge in [0.05, 0.1) is 31.4 Å². The zero-order valence-corrected chi connectivity index (χ0v) is 11.2. The van der Waals surface area contributed by atoms with Crippen LogP contribution in [0.15, 0.2) is 24.3 Å². The number of halogens is 1. The molecule has 0 amide bonds. The first-order chi connectivity index (χ1) is 9.25. The van der Waals surface area contributed by atoms with Gasteiger partial charge in [0.25, 0.3) is 0 Å². The lowest BCUT2D eigenvalue weighted by Crippen LogP contribution is -2.11. The molecule has 0 aliphatic heterocycles. The molecule has 0 N–H and O–H groups in total. The van der Waals surface area contributed by atoms with E-state index in [4.69, 9.17) is 25.8 Å². The van der Waals surface area contributed by atoms with E-state index >= 15 is 0 Å². The normalized spacial score (nSPS) is 10.4. The van der Waals surface area contributed by atoms with E-state index in [0.29, 0.717) is 32.3 Å². The Morgan fingerprint density at radius 2 is 1.68 bits per heavy atom. The van der Waals surface area contributed by atoms with Gasteiger partial charge < -0.3 is 14.2 Å². The van der Waals surface area contributed by atoms with Gasteiger partial charge in [0.2, 0.25) is 0 Å². The molecule has 0 aromatic heterocycles. The zero-order chi connectivity index (χ0) is 13.9. The lowest BCUT2D eigenvalue weighted by molar-refractivity contribution is -0.385. The largest absolute Gasteiger partial charge is 0.484 e. The van der Waals surface area contributed by atoms with E-state index < -0.39 is 4.92 Å². The first-order valence-corrected chi connectivity index (χ1v) is 6.37. The van der Waals surface area contributed by atoms with Crippen molar-refractivity contribution in [2.45, 2.75) is 0 Å². The van der Waals surface area contributed by atoms with E-state index in [9.17, 15) is 10.1 Å². The Balaban J connectivity index is 2.17. The van der Waals surface area contributed by atoms with Crippen LogP contribution in [-0.2, 0) is 9.47 Å². The van der Waals surface area contributed by atoms with Crippen LogP contribution in [0, 0.1) is 10.1 Å². The highest BCUT2D eigenvalue weighted by molar-refractivity contribution is 6.17. The molecule has 6 nitrogen and oxygen atoms in total. The molecule has 0 atom stereocenters. The first-order valence-electron chi connectivity index (χ1n) is 5.83. The van der Waals surface area contributed by atoms with Crippen LogP contribution in [0.5, 0.6) is 5.75 Å². The maximum Gasteiger partial charge on any atom is 0.310 e. The molecule has 0 bridgehead atoms. The molecule has 1 rings (SSSR count). The molecule has 7 heteroatoms. The third kappa shape index (κ3) is 6.37. The predicted molar refractivity (Wildman–Crippen MR) is 70.9 cm³/mol. The summed E-state index contributed by atoms with van der Waals surface area (Å²) in [6.07, 6.45) is 0. The highest BCUT2D eigenvalue weighted by Crippen LogP contribution is 2.25. The van der Waals surface area contributed by atoms with Gasteiger partial charge in [-0.15, -0.1) is 11.6 Å². The van der Waals surface area contributed by atoms with Gasteiger partial charge in [0.15, 0.2) is 5.75 Å². The molecule has 0 saturated heterocycles. The zero-order valence-electron chi connectivity index (χ0n) is 10.4. The summed E-state index contributed by atoms with van der Waals surface area (Å²) in [4.78, 5) is 10.2. The summed E-state index contributed by atoms with van der Waals surface area (Å²) in [5.41, 5.74) is -0.0482. The second kappa shape index (κ2) is 9.55. The van der Waals surface area contributed by atoms with Gasteiger partial charge in [0, 0.05) is 11.9 Å². The minimum absolute atomic E-state index is 0.0482. The molecule has 0 spiro atoms. The van der Waals surface area contributed by atoms with Crippen LogP contribution in [0.2, 0.25) is 0 Å². The van der Waals surface area contributed by atoms with Crippen LogP contribution in [0.3, 0.4) is 0 Å². The molecule has 0 radical (unpaired) electrons. The van der Waals surface area contributed by atoms with Gasteiger partial charge in [-0.3, -0.25) is 10.1 Å². The van der Waals surface area contributed by atoms with Gasteiger partial charge in [-0.05, 0) is 6.07 Å². The molecule has 0 saturated carbocycles. The van der Waals surface area contributed by atoms with E-state index in [1.807, 2.05) is 0 Å². The van der Waals surface area contributed by atoms with E-state index in [2.05, 4.69) is 0 Å². The van der Waals surface area contributed by atoms with Crippen LogP contribution >= 0.6 is 11.6 Å². The fourth-order valence-corrected chi connectivity index (χ4v) is 1.43. The summed E-state index contributed by atoms with van der Waals surface area (Å²) in [5.74, 6) is 0.704. The summed E-state index contributed by atoms with van der Waals surface area (Å²) in [7, 11) is 0. The number of hydrogen-bond acceptors (Lipinski definition) is 5. The maximum absolute atomic E-state index is 10.7. The molecule has 19 heavy (non-hydrogen) atoms. The Morgan fingerprint density at radius 3 is 2.37 bits per heavy atom. The smallest absolute Gasteiger partial charge is 0.310 e. The SMILES string of the molecule is O=[N+]([O-])c1ccccc1OCCOCCOCCCl. The monoisotopic (exact) mass is 289 g/mol. The number of nitro groups is 1. The molecular formula is C12H16ClNO5. The molecule has 0 fully saturated rings. The number of hydrogen-bond donors (Lipinski definition) is 0. The molecule has 106 valence electrons. The Bertz CT molecular complexity index is 388. The number of nitro benzene ring substituents is 1. The lowest BCUT2D eigenvalue weighted by atomic mass is 10.3. The maximum atomic E-state index is 10.7. The number of benzene rings is 1. The van der Waals surface area contributed by atoms with Crippen molar-refractivity contribution in [3.63, 3.8) is 0 Å². The van der Waals surface area contributed by atoms with Crippen molar-refractivity contribution in [3.8, 4) is 5.75 Å². The van der Waals surface area contributed by atoms with E-state index in [1.54, 1.807) is 18.2 Å². The standard InChI is InChI=1S/C12H16ClNO5/c13-5-6-17-7-8-18-9-10-19-12-4-2-1-3-11(12)14(15)16/h1-4H,5-10H2. The minimum atomic E-state index is -0.476. The molecule has 0 aliphatic carbocycles. The quantitative estimate of drug-likeness (QED) is 0.286. The van der Waals surface area contributed by atoms with Crippen molar-refractivity contribution < 1.29 is 19.1 Å². The highest BCUT2D eigenvalue weighted by atomic mass is 35.5. The number of alkyl halides is 1. The Morgan fingerprint density at radius 1 is 1.05 bits per heavy atom. The van der Waals surface area contributed by atoms with Crippen LogP contribution in [0.4, 0.5) is 5.69 Å². The molecule has 0 heterocycles. The first kappa shape index (κ1) is 15.7. The molecular weight excluding hydrogens is 274 g/mol. The molecule has 0 aliphatic rings. The molecule has 1 aromatic rings.